The van der Waals surface area contributed by atoms with Crippen molar-refractivity contribution in [2.75, 3.05) is 0 Å². The van der Waals surface area contributed by atoms with Crippen molar-refractivity contribution in [2.24, 2.45) is 0 Å². The van der Waals surface area contributed by atoms with Gasteiger partial charge in [-0.25, -0.2) is 0 Å². The van der Waals surface area contributed by atoms with Crippen molar-refractivity contribution in [3.63, 3.8) is 0 Å². The Morgan fingerprint density at radius 1 is 0.515 bits per heavy atom. The predicted octanol–water partition coefficient (Wildman–Crippen LogP) is 9.27. The Morgan fingerprint density at radius 3 is 1.58 bits per heavy atom. The molecule has 4 aromatic carbocycles. The molecule has 0 spiro atoms. The minimum Gasteiger partial charge on any atom is -0.0876 e. The van der Waals surface area contributed by atoms with E-state index in [9.17, 15) is 0 Å². The quantitative estimate of drug-likeness (QED) is 0.208. The van der Waals surface area contributed by atoms with Crippen LogP contribution in [0.5, 0.6) is 0 Å². The first-order chi connectivity index (χ1) is 16.3. The summed E-state index contributed by atoms with van der Waals surface area (Å²) < 4.78 is 0. The molecule has 0 aliphatic heterocycles. The maximum absolute atomic E-state index is 3.58. The highest BCUT2D eigenvalue weighted by molar-refractivity contribution is 9.08. The predicted molar refractivity (Wildman–Crippen MR) is 149 cm³/mol. The van der Waals surface area contributed by atoms with Crippen LogP contribution in [-0.4, -0.2) is 0 Å². The van der Waals surface area contributed by atoms with Gasteiger partial charge in [0.2, 0.25) is 0 Å². The minimum atomic E-state index is 0.175. The van der Waals surface area contributed by atoms with E-state index >= 15 is 0 Å². The van der Waals surface area contributed by atoms with E-state index in [1.165, 1.54) is 50.1 Å². The largest absolute Gasteiger partial charge is 0.0876 e. The summed E-state index contributed by atoms with van der Waals surface area (Å²) in [6.45, 7) is 0. The van der Waals surface area contributed by atoms with E-state index in [2.05, 4.69) is 147 Å². The average Bonchev–Trinajstić information content (AvgIpc) is 3.30. The molecule has 0 nitrogen and oxygen atoms in total. The molecule has 0 bridgehead atoms. The molecule has 1 aliphatic carbocycles. The number of hydrogen-bond acceptors (Lipinski definition) is 0. The molecular formula is C31H24Br2. The van der Waals surface area contributed by atoms with Gasteiger partial charge in [0.1, 0.15) is 0 Å². The van der Waals surface area contributed by atoms with E-state index < -0.39 is 0 Å². The number of alkyl halides is 2. The SMILES string of the molecule is BrCc1ccc(C2=CC(c3ccc(CBr)cc3)=C(c3ccccc3)[C@@H]2c2ccccc2)cc1. The molecular weight excluding hydrogens is 532 g/mol. The summed E-state index contributed by atoms with van der Waals surface area (Å²) in [5.41, 5.74) is 11.7. The zero-order chi connectivity index (χ0) is 22.6. The van der Waals surface area contributed by atoms with Gasteiger partial charge in [-0.05, 0) is 56.2 Å². The third kappa shape index (κ3) is 4.55. The molecule has 0 fully saturated rings. The third-order valence-corrected chi connectivity index (χ3v) is 7.56. The number of allylic oxidation sites excluding steroid dienone is 4. The lowest BCUT2D eigenvalue weighted by Crippen LogP contribution is -2.03. The molecule has 0 amide bonds. The molecule has 162 valence electrons. The monoisotopic (exact) mass is 554 g/mol. The minimum absolute atomic E-state index is 0.175. The molecule has 1 atom stereocenters. The Kier molecular flexibility index (Phi) is 6.75. The van der Waals surface area contributed by atoms with Crippen LogP contribution in [0.2, 0.25) is 0 Å². The first-order valence-electron chi connectivity index (χ1n) is 11.1. The molecule has 2 heteroatoms. The highest BCUT2D eigenvalue weighted by atomic mass is 79.9. The van der Waals surface area contributed by atoms with Gasteiger partial charge < -0.3 is 0 Å². The second-order valence-corrected chi connectivity index (χ2v) is 9.42. The van der Waals surface area contributed by atoms with Crippen LogP contribution in [0.15, 0.2) is 115 Å². The summed E-state index contributed by atoms with van der Waals surface area (Å²) in [4.78, 5) is 0. The molecule has 0 unspecified atom stereocenters. The molecule has 33 heavy (non-hydrogen) atoms. The van der Waals surface area contributed by atoms with Crippen LogP contribution < -0.4 is 0 Å². The molecule has 0 N–H and O–H groups in total. The maximum atomic E-state index is 3.58. The highest BCUT2D eigenvalue weighted by Crippen LogP contribution is 2.52. The van der Waals surface area contributed by atoms with Gasteiger partial charge >= 0.3 is 0 Å². The number of halogens is 2. The lowest BCUT2D eigenvalue weighted by Gasteiger charge is -2.22. The van der Waals surface area contributed by atoms with Gasteiger partial charge in [0, 0.05) is 16.6 Å². The second kappa shape index (κ2) is 10.1. The highest BCUT2D eigenvalue weighted by Gasteiger charge is 2.31. The van der Waals surface area contributed by atoms with Crippen LogP contribution in [-0.2, 0) is 10.7 Å². The molecule has 0 aromatic heterocycles. The molecule has 0 saturated carbocycles. The molecule has 0 heterocycles. The Morgan fingerprint density at radius 2 is 1.03 bits per heavy atom. The Bertz CT molecular complexity index is 1280. The van der Waals surface area contributed by atoms with E-state index in [0.717, 1.165) is 10.7 Å². The van der Waals surface area contributed by atoms with Crippen LogP contribution in [0.25, 0.3) is 16.7 Å². The van der Waals surface area contributed by atoms with E-state index in [0.29, 0.717) is 0 Å². The van der Waals surface area contributed by atoms with Gasteiger partial charge in [-0.3, -0.25) is 0 Å². The fourth-order valence-electron chi connectivity index (χ4n) is 4.61. The molecule has 1 aliphatic rings. The van der Waals surface area contributed by atoms with Crippen molar-refractivity contribution >= 4 is 48.6 Å². The van der Waals surface area contributed by atoms with Gasteiger partial charge in [0.15, 0.2) is 0 Å². The Balaban J connectivity index is 1.74. The normalized spacial score (nSPS) is 15.6. The first kappa shape index (κ1) is 22.1. The fraction of sp³-hybridized carbons (Fsp3) is 0.0968. The molecule has 0 saturated heterocycles. The average molecular weight is 556 g/mol. The van der Waals surface area contributed by atoms with E-state index in [4.69, 9.17) is 0 Å². The summed E-state index contributed by atoms with van der Waals surface area (Å²) in [7, 11) is 0. The molecule has 4 aromatic rings. The summed E-state index contributed by atoms with van der Waals surface area (Å²) >= 11 is 7.16. The third-order valence-electron chi connectivity index (χ3n) is 6.27. The summed E-state index contributed by atoms with van der Waals surface area (Å²) in [5.74, 6) is 0.175. The van der Waals surface area contributed by atoms with Crippen molar-refractivity contribution in [1.82, 2.24) is 0 Å². The zero-order valence-electron chi connectivity index (χ0n) is 18.2. The van der Waals surface area contributed by atoms with Crippen LogP contribution in [0, 0.1) is 0 Å². The van der Waals surface area contributed by atoms with Gasteiger partial charge in [-0.15, -0.1) is 0 Å². The van der Waals surface area contributed by atoms with E-state index in [1.807, 2.05) is 0 Å². The fourth-order valence-corrected chi connectivity index (χ4v) is 5.36. The van der Waals surface area contributed by atoms with Crippen molar-refractivity contribution in [3.05, 3.63) is 149 Å². The lowest BCUT2D eigenvalue weighted by atomic mass is 9.81. The lowest BCUT2D eigenvalue weighted by molar-refractivity contribution is 1.14. The number of hydrogen-bond donors (Lipinski definition) is 0. The topological polar surface area (TPSA) is 0 Å². The van der Waals surface area contributed by atoms with E-state index in [1.54, 1.807) is 0 Å². The standard InChI is InChI=1S/C31H24Br2/c32-20-22-11-15-24(16-12-22)28-19-29(25-17-13-23(21-33)14-18-25)31(27-9-5-2-6-10-27)30(28)26-7-3-1-4-8-26/h1-19,30H,20-21H2/t30-/m1/s1. The summed E-state index contributed by atoms with van der Waals surface area (Å²) in [6.07, 6.45) is 2.41. The Hall–Kier alpha value is -2.68. The van der Waals surface area contributed by atoms with Gasteiger partial charge in [-0.2, -0.15) is 0 Å². The van der Waals surface area contributed by atoms with Crippen molar-refractivity contribution < 1.29 is 0 Å². The van der Waals surface area contributed by atoms with Gasteiger partial charge in [0.05, 0.1) is 0 Å². The number of benzene rings is 4. The van der Waals surface area contributed by atoms with Crippen molar-refractivity contribution in [1.29, 1.82) is 0 Å². The maximum Gasteiger partial charge on any atom is 0.0358 e. The second-order valence-electron chi connectivity index (χ2n) is 8.30. The first-order valence-corrected chi connectivity index (χ1v) is 13.4. The van der Waals surface area contributed by atoms with Crippen molar-refractivity contribution in [3.8, 4) is 0 Å². The number of rotatable bonds is 6. The van der Waals surface area contributed by atoms with Gasteiger partial charge in [-0.1, -0.05) is 141 Å². The van der Waals surface area contributed by atoms with Crippen LogP contribution in [0.4, 0.5) is 0 Å². The Labute approximate surface area is 213 Å². The van der Waals surface area contributed by atoms with Crippen LogP contribution >= 0.6 is 31.9 Å². The smallest absolute Gasteiger partial charge is 0.0358 e. The summed E-state index contributed by atoms with van der Waals surface area (Å²) in [5, 5.41) is 1.73. The molecule has 5 rings (SSSR count). The van der Waals surface area contributed by atoms with Crippen molar-refractivity contribution in [2.45, 2.75) is 16.6 Å². The molecule has 0 radical (unpaired) electrons. The van der Waals surface area contributed by atoms with Crippen LogP contribution in [0.1, 0.15) is 39.3 Å². The van der Waals surface area contributed by atoms with Gasteiger partial charge in [0.25, 0.3) is 0 Å². The van der Waals surface area contributed by atoms with E-state index in [-0.39, 0.29) is 5.92 Å². The summed E-state index contributed by atoms with van der Waals surface area (Å²) in [6, 6.07) is 39.6. The zero-order valence-corrected chi connectivity index (χ0v) is 21.4. The van der Waals surface area contributed by atoms with Crippen LogP contribution in [0.3, 0.4) is 0 Å².